The summed E-state index contributed by atoms with van der Waals surface area (Å²) >= 11 is 9.05. The van der Waals surface area contributed by atoms with E-state index in [4.69, 9.17) is 16.3 Å². The molecule has 0 bridgehead atoms. The summed E-state index contributed by atoms with van der Waals surface area (Å²) in [5.74, 6) is 1.08. The van der Waals surface area contributed by atoms with Crippen molar-refractivity contribution in [2.24, 2.45) is 0 Å². The molecular formula is C11H8BrClN2O. The van der Waals surface area contributed by atoms with E-state index in [-0.39, 0.29) is 0 Å². The average molecular weight is 300 g/mol. The topological polar surface area (TPSA) is 35.0 Å². The number of halogens is 2. The number of rotatable bonds is 3. The van der Waals surface area contributed by atoms with Gasteiger partial charge in [0.1, 0.15) is 5.75 Å². The van der Waals surface area contributed by atoms with Crippen molar-refractivity contribution in [1.29, 1.82) is 0 Å². The quantitative estimate of drug-likeness (QED) is 0.809. The number of benzene rings is 1. The second kappa shape index (κ2) is 5.27. The Balaban J connectivity index is 2.23. The van der Waals surface area contributed by atoms with E-state index in [1.54, 1.807) is 12.4 Å². The lowest BCUT2D eigenvalue weighted by molar-refractivity contribution is 0.438. The fourth-order valence-corrected chi connectivity index (χ4v) is 1.59. The molecule has 2 rings (SSSR count). The molecule has 0 aliphatic rings. The Bertz CT molecular complexity index is 476. The van der Waals surface area contributed by atoms with Crippen LogP contribution in [0.3, 0.4) is 0 Å². The summed E-state index contributed by atoms with van der Waals surface area (Å²) in [5, 5.41) is 0. The first-order chi connectivity index (χ1) is 7.79. The molecule has 82 valence electrons. The maximum atomic E-state index is 5.80. The first-order valence-electron chi connectivity index (χ1n) is 4.59. The van der Waals surface area contributed by atoms with E-state index in [0.29, 0.717) is 17.6 Å². The molecule has 1 aromatic carbocycles. The van der Waals surface area contributed by atoms with Gasteiger partial charge in [0, 0.05) is 18.0 Å². The minimum absolute atomic E-state index is 0.306. The van der Waals surface area contributed by atoms with Crippen LogP contribution < -0.4 is 4.74 Å². The van der Waals surface area contributed by atoms with Crippen molar-refractivity contribution in [3.8, 4) is 11.8 Å². The van der Waals surface area contributed by atoms with Crippen LogP contribution in [0.5, 0.6) is 11.8 Å². The molecule has 0 aliphatic heterocycles. The van der Waals surface area contributed by atoms with Gasteiger partial charge in [-0.05, 0) is 22.0 Å². The molecule has 0 N–H and O–H groups in total. The van der Waals surface area contributed by atoms with Crippen LogP contribution >= 0.6 is 27.5 Å². The number of hydrogen-bond acceptors (Lipinski definition) is 3. The van der Waals surface area contributed by atoms with Crippen LogP contribution in [0.4, 0.5) is 0 Å². The second-order valence-electron chi connectivity index (χ2n) is 3.03. The van der Waals surface area contributed by atoms with Gasteiger partial charge in [-0.3, -0.25) is 0 Å². The smallest absolute Gasteiger partial charge is 0.321 e. The number of ether oxygens (including phenoxy) is 1. The summed E-state index contributed by atoms with van der Waals surface area (Å²) in [6, 6.07) is 7.84. The maximum Gasteiger partial charge on any atom is 0.321 e. The highest BCUT2D eigenvalue weighted by Crippen LogP contribution is 2.24. The molecule has 1 aromatic heterocycles. The predicted molar refractivity (Wildman–Crippen MR) is 65.8 cm³/mol. The number of nitrogens with zero attached hydrogens (tertiary/aromatic N) is 2. The van der Waals surface area contributed by atoms with Crippen molar-refractivity contribution in [3.63, 3.8) is 0 Å². The third-order valence-corrected chi connectivity index (χ3v) is 2.61. The molecule has 0 fully saturated rings. The zero-order valence-corrected chi connectivity index (χ0v) is 10.6. The Kier molecular flexibility index (Phi) is 3.74. The normalized spacial score (nSPS) is 10.1. The molecule has 16 heavy (non-hydrogen) atoms. The second-order valence-corrected chi connectivity index (χ2v) is 4.21. The average Bonchev–Trinajstić information content (AvgIpc) is 2.33. The van der Waals surface area contributed by atoms with Crippen molar-refractivity contribution in [2.75, 3.05) is 0 Å². The first-order valence-corrected chi connectivity index (χ1v) is 5.91. The SMILES string of the molecule is ClCc1ccccc1Oc1ncc(Br)cn1. The third kappa shape index (κ3) is 2.71. The van der Waals surface area contributed by atoms with Crippen molar-refractivity contribution in [2.45, 2.75) is 5.88 Å². The van der Waals surface area contributed by atoms with Crippen LogP contribution in [-0.4, -0.2) is 9.97 Å². The number of aromatic nitrogens is 2. The highest BCUT2D eigenvalue weighted by Gasteiger charge is 2.04. The van der Waals surface area contributed by atoms with E-state index in [1.165, 1.54) is 0 Å². The molecule has 0 spiro atoms. The largest absolute Gasteiger partial charge is 0.424 e. The van der Waals surface area contributed by atoms with Gasteiger partial charge in [-0.15, -0.1) is 11.6 Å². The predicted octanol–water partition coefficient (Wildman–Crippen LogP) is 3.77. The number of para-hydroxylation sites is 1. The van der Waals surface area contributed by atoms with Crippen LogP contribution in [0.2, 0.25) is 0 Å². The van der Waals surface area contributed by atoms with Crippen LogP contribution in [0, 0.1) is 0 Å². The zero-order chi connectivity index (χ0) is 11.4. The van der Waals surface area contributed by atoms with Gasteiger partial charge in [0.05, 0.1) is 10.4 Å². The van der Waals surface area contributed by atoms with Crippen molar-refractivity contribution in [3.05, 3.63) is 46.7 Å². The Hall–Kier alpha value is -1.13. The molecule has 5 heteroatoms. The highest BCUT2D eigenvalue weighted by atomic mass is 79.9. The third-order valence-electron chi connectivity index (χ3n) is 1.91. The molecule has 1 heterocycles. The van der Waals surface area contributed by atoms with E-state index in [1.807, 2.05) is 24.3 Å². The minimum Gasteiger partial charge on any atom is -0.424 e. The number of hydrogen-bond donors (Lipinski definition) is 0. The van der Waals surface area contributed by atoms with Gasteiger partial charge < -0.3 is 4.74 Å². The Morgan fingerprint density at radius 2 is 1.88 bits per heavy atom. The Morgan fingerprint density at radius 1 is 1.19 bits per heavy atom. The van der Waals surface area contributed by atoms with E-state index in [2.05, 4.69) is 25.9 Å². The van der Waals surface area contributed by atoms with Gasteiger partial charge in [-0.1, -0.05) is 18.2 Å². The lowest BCUT2D eigenvalue weighted by Crippen LogP contribution is -1.93. The summed E-state index contributed by atoms with van der Waals surface area (Å²) in [4.78, 5) is 8.05. The van der Waals surface area contributed by atoms with Crippen LogP contribution in [0.1, 0.15) is 5.56 Å². The lowest BCUT2D eigenvalue weighted by atomic mass is 10.2. The molecule has 2 aromatic rings. The summed E-state index contributed by atoms with van der Waals surface area (Å²) in [6.07, 6.45) is 3.26. The Labute approximate surface area is 107 Å². The van der Waals surface area contributed by atoms with Crippen molar-refractivity contribution in [1.82, 2.24) is 9.97 Å². The fourth-order valence-electron chi connectivity index (χ4n) is 1.17. The summed E-state index contributed by atoms with van der Waals surface area (Å²) in [6.45, 7) is 0. The summed E-state index contributed by atoms with van der Waals surface area (Å²) in [7, 11) is 0. The van der Waals surface area contributed by atoms with Gasteiger partial charge >= 0.3 is 6.01 Å². The molecule has 0 saturated heterocycles. The van der Waals surface area contributed by atoms with E-state index in [9.17, 15) is 0 Å². The van der Waals surface area contributed by atoms with Gasteiger partial charge in [-0.2, -0.15) is 0 Å². The lowest BCUT2D eigenvalue weighted by Gasteiger charge is -2.06. The monoisotopic (exact) mass is 298 g/mol. The highest BCUT2D eigenvalue weighted by molar-refractivity contribution is 9.10. The molecular weight excluding hydrogens is 291 g/mol. The minimum atomic E-state index is 0.306. The molecule has 0 saturated carbocycles. The summed E-state index contributed by atoms with van der Waals surface area (Å²) in [5.41, 5.74) is 0.913. The molecule has 0 radical (unpaired) electrons. The van der Waals surface area contributed by atoms with E-state index < -0.39 is 0 Å². The fraction of sp³-hybridized carbons (Fsp3) is 0.0909. The van der Waals surface area contributed by atoms with Crippen LogP contribution in [0.25, 0.3) is 0 Å². The van der Waals surface area contributed by atoms with Gasteiger partial charge in [0.15, 0.2) is 0 Å². The van der Waals surface area contributed by atoms with Gasteiger partial charge in [-0.25, -0.2) is 9.97 Å². The van der Waals surface area contributed by atoms with Crippen molar-refractivity contribution >= 4 is 27.5 Å². The standard InChI is InChI=1S/C11H8BrClN2O/c12-9-6-14-11(15-7-9)16-10-4-2-1-3-8(10)5-13/h1-4,6-7H,5H2. The molecule has 0 atom stereocenters. The van der Waals surface area contributed by atoms with Gasteiger partial charge in [0.25, 0.3) is 0 Å². The number of alkyl halides is 1. The Morgan fingerprint density at radius 3 is 2.56 bits per heavy atom. The molecule has 0 unspecified atom stereocenters. The van der Waals surface area contributed by atoms with Crippen molar-refractivity contribution < 1.29 is 4.74 Å². The van der Waals surface area contributed by atoms with Crippen LogP contribution in [0.15, 0.2) is 41.1 Å². The van der Waals surface area contributed by atoms with E-state index >= 15 is 0 Å². The zero-order valence-electron chi connectivity index (χ0n) is 8.23. The molecule has 3 nitrogen and oxygen atoms in total. The summed E-state index contributed by atoms with van der Waals surface area (Å²) < 4.78 is 6.34. The van der Waals surface area contributed by atoms with Crippen LogP contribution in [-0.2, 0) is 5.88 Å². The molecule has 0 amide bonds. The molecule has 0 aliphatic carbocycles. The maximum absolute atomic E-state index is 5.80. The first kappa shape index (κ1) is 11.4. The van der Waals surface area contributed by atoms with E-state index in [0.717, 1.165) is 10.0 Å². The van der Waals surface area contributed by atoms with Gasteiger partial charge in [0.2, 0.25) is 0 Å².